The van der Waals surface area contributed by atoms with Gasteiger partial charge in [0.25, 0.3) is 0 Å². The van der Waals surface area contributed by atoms with Crippen molar-refractivity contribution in [3.63, 3.8) is 0 Å². The lowest BCUT2D eigenvalue weighted by atomic mass is 10.1. The minimum atomic E-state index is -0.636. The fraction of sp³-hybridized carbons (Fsp3) is 0.412. The second kappa shape index (κ2) is 11.9. The van der Waals surface area contributed by atoms with Gasteiger partial charge in [-0.1, -0.05) is 6.92 Å². The summed E-state index contributed by atoms with van der Waals surface area (Å²) in [5.74, 6) is 1.63. The maximum absolute atomic E-state index is 10.2. The molecule has 0 aliphatic heterocycles. The number of aliphatic hydroxyl groups is 1. The summed E-state index contributed by atoms with van der Waals surface area (Å²) in [5, 5.41) is 16.7. The van der Waals surface area contributed by atoms with Gasteiger partial charge in [-0.15, -0.1) is 24.0 Å². The molecule has 7 heteroatoms. The van der Waals surface area contributed by atoms with E-state index in [-0.39, 0.29) is 24.0 Å². The molecule has 2 aromatic rings. The van der Waals surface area contributed by atoms with Crippen molar-refractivity contribution in [3.05, 3.63) is 54.2 Å². The molecule has 6 nitrogen and oxygen atoms in total. The minimum Gasteiger partial charge on any atom is -0.469 e. The van der Waals surface area contributed by atoms with Crippen molar-refractivity contribution < 1.29 is 9.52 Å². The van der Waals surface area contributed by atoms with Crippen LogP contribution in [0.3, 0.4) is 0 Å². The van der Waals surface area contributed by atoms with Crippen LogP contribution in [0.4, 0.5) is 0 Å². The molecular formula is C17H25IN4O2. The summed E-state index contributed by atoms with van der Waals surface area (Å²) in [6.45, 7) is 3.94. The second-order valence-corrected chi connectivity index (χ2v) is 5.17. The standard InChI is InChI=1S/C17H24N4O2.HI/c1-2-8-19-17(20-11-7-15-4-3-12-23-15)21-13-16(22)14-5-9-18-10-6-14;/h3-6,9-10,12,16,22H,2,7-8,11,13H2,1H3,(H2,19,20,21);1H. The number of pyridine rings is 1. The number of aromatic nitrogens is 1. The molecule has 0 radical (unpaired) electrons. The minimum absolute atomic E-state index is 0. The van der Waals surface area contributed by atoms with Crippen LogP contribution in [-0.2, 0) is 6.42 Å². The van der Waals surface area contributed by atoms with Gasteiger partial charge in [0, 0.05) is 31.9 Å². The lowest BCUT2D eigenvalue weighted by Crippen LogP contribution is -2.39. The molecule has 0 aliphatic carbocycles. The number of hydrogen-bond donors (Lipinski definition) is 3. The van der Waals surface area contributed by atoms with Crippen molar-refractivity contribution in [1.82, 2.24) is 15.6 Å². The van der Waals surface area contributed by atoms with E-state index < -0.39 is 6.10 Å². The van der Waals surface area contributed by atoms with Gasteiger partial charge in [-0.3, -0.25) is 9.98 Å². The molecule has 0 aromatic carbocycles. The number of nitrogens with zero attached hydrogens (tertiary/aromatic N) is 2. The summed E-state index contributed by atoms with van der Waals surface area (Å²) in [6, 6.07) is 7.42. The Bertz CT molecular complexity index is 576. The summed E-state index contributed by atoms with van der Waals surface area (Å²) in [6.07, 6.45) is 6.16. The first-order valence-electron chi connectivity index (χ1n) is 7.92. The number of nitrogens with one attached hydrogen (secondary N) is 2. The van der Waals surface area contributed by atoms with Crippen LogP contribution < -0.4 is 10.6 Å². The highest BCUT2D eigenvalue weighted by atomic mass is 127. The van der Waals surface area contributed by atoms with E-state index in [1.165, 1.54) is 0 Å². The SMILES string of the molecule is CCCNC(=NCC(O)c1ccncc1)NCCc1ccco1.I. The molecule has 2 rings (SSSR count). The molecule has 132 valence electrons. The van der Waals surface area contributed by atoms with E-state index in [0.29, 0.717) is 19.0 Å². The van der Waals surface area contributed by atoms with Crippen LogP contribution in [0.2, 0.25) is 0 Å². The number of aliphatic imine (C=N–C) groups is 1. The van der Waals surface area contributed by atoms with Crippen LogP contribution in [0.1, 0.15) is 30.8 Å². The van der Waals surface area contributed by atoms with E-state index in [2.05, 4.69) is 27.5 Å². The monoisotopic (exact) mass is 444 g/mol. The quantitative estimate of drug-likeness (QED) is 0.331. The van der Waals surface area contributed by atoms with Crippen LogP contribution in [0.15, 0.2) is 52.3 Å². The summed E-state index contributed by atoms with van der Waals surface area (Å²) in [7, 11) is 0. The van der Waals surface area contributed by atoms with Crippen molar-refractivity contribution in [2.75, 3.05) is 19.6 Å². The Hall–Kier alpha value is -1.61. The summed E-state index contributed by atoms with van der Waals surface area (Å²) < 4.78 is 5.31. The van der Waals surface area contributed by atoms with Crippen molar-refractivity contribution in [3.8, 4) is 0 Å². The van der Waals surface area contributed by atoms with Crippen molar-refractivity contribution in [2.45, 2.75) is 25.9 Å². The predicted molar refractivity (Wildman–Crippen MR) is 106 cm³/mol. The highest BCUT2D eigenvalue weighted by Gasteiger charge is 2.07. The first-order chi connectivity index (χ1) is 11.3. The highest BCUT2D eigenvalue weighted by Crippen LogP contribution is 2.10. The predicted octanol–water partition coefficient (Wildman–Crippen LogP) is 2.51. The number of furan rings is 1. The first kappa shape index (κ1) is 20.4. The Morgan fingerprint density at radius 3 is 2.67 bits per heavy atom. The average Bonchev–Trinajstić information content (AvgIpc) is 3.10. The Morgan fingerprint density at radius 2 is 2.00 bits per heavy atom. The van der Waals surface area contributed by atoms with Gasteiger partial charge in [0.1, 0.15) is 5.76 Å². The molecular weight excluding hydrogens is 419 g/mol. The smallest absolute Gasteiger partial charge is 0.191 e. The molecule has 0 bridgehead atoms. The molecule has 2 aromatic heterocycles. The van der Waals surface area contributed by atoms with Gasteiger partial charge in [-0.05, 0) is 36.2 Å². The lowest BCUT2D eigenvalue weighted by Gasteiger charge is -2.13. The number of halogens is 1. The van der Waals surface area contributed by atoms with Crippen LogP contribution in [0.5, 0.6) is 0 Å². The van der Waals surface area contributed by atoms with Crippen molar-refractivity contribution in [1.29, 1.82) is 0 Å². The van der Waals surface area contributed by atoms with Gasteiger partial charge in [0.2, 0.25) is 0 Å². The third-order valence-electron chi connectivity index (χ3n) is 3.30. The summed E-state index contributed by atoms with van der Waals surface area (Å²) in [5.41, 5.74) is 0.814. The molecule has 0 aliphatic rings. The topological polar surface area (TPSA) is 82.7 Å². The molecule has 0 saturated heterocycles. The molecule has 24 heavy (non-hydrogen) atoms. The summed E-state index contributed by atoms with van der Waals surface area (Å²) in [4.78, 5) is 8.40. The van der Waals surface area contributed by atoms with Crippen molar-refractivity contribution in [2.24, 2.45) is 4.99 Å². The molecule has 1 unspecified atom stereocenters. The largest absolute Gasteiger partial charge is 0.469 e. The molecule has 0 amide bonds. The lowest BCUT2D eigenvalue weighted by molar-refractivity contribution is 0.187. The van der Waals surface area contributed by atoms with E-state index in [1.54, 1.807) is 30.8 Å². The van der Waals surface area contributed by atoms with Gasteiger partial charge < -0.3 is 20.2 Å². The molecule has 2 heterocycles. The van der Waals surface area contributed by atoms with Gasteiger partial charge in [0.05, 0.1) is 18.9 Å². The van der Waals surface area contributed by atoms with E-state index in [1.807, 2.05) is 12.1 Å². The zero-order chi connectivity index (χ0) is 16.3. The zero-order valence-electron chi connectivity index (χ0n) is 13.8. The van der Waals surface area contributed by atoms with Crippen LogP contribution in [0, 0.1) is 0 Å². The van der Waals surface area contributed by atoms with E-state index in [0.717, 1.165) is 30.7 Å². The third kappa shape index (κ3) is 7.31. The fourth-order valence-electron chi connectivity index (χ4n) is 2.05. The normalized spacial score (nSPS) is 12.3. The Kier molecular flexibility index (Phi) is 10.1. The Balaban J connectivity index is 0.00000288. The molecule has 0 fully saturated rings. The van der Waals surface area contributed by atoms with Gasteiger partial charge in [-0.25, -0.2) is 0 Å². The van der Waals surface area contributed by atoms with Gasteiger partial charge in [-0.2, -0.15) is 0 Å². The number of guanidine groups is 1. The Morgan fingerprint density at radius 1 is 1.25 bits per heavy atom. The second-order valence-electron chi connectivity index (χ2n) is 5.17. The van der Waals surface area contributed by atoms with Gasteiger partial charge in [0.15, 0.2) is 5.96 Å². The molecule has 1 atom stereocenters. The van der Waals surface area contributed by atoms with E-state index in [9.17, 15) is 5.11 Å². The highest BCUT2D eigenvalue weighted by molar-refractivity contribution is 14.0. The number of aliphatic hydroxyl groups excluding tert-OH is 1. The maximum Gasteiger partial charge on any atom is 0.191 e. The fourth-order valence-corrected chi connectivity index (χ4v) is 2.05. The Labute approximate surface area is 159 Å². The average molecular weight is 444 g/mol. The summed E-state index contributed by atoms with van der Waals surface area (Å²) >= 11 is 0. The maximum atomic E-state index is 10.2. The van der Waals surface area contributed by atoms with E-state index >= 15 is 0 Å². The van der Waals surface area contributed by atoms with Crippen LogP contribution in [0.25, 0.3) is 0 Å². The third-order valence-corrected chi connectivity index (χ3v) is 3.30. The van der Waals surface area contributed by atoms with Crippen molar-refractivity contribution >= 4 is 29.9 Å². The number of rotatable bonds is 8. The first-order valence-corrected chi connectivity index (χ1v) is 7.92. The zero-order valence-corrected chi connectivity index (χ0v) is 16.1. The number of hydrogen-bond acceptors (Lipinski definition) is 4. The van der Waals surface area contributed by atoms with Crippen LogP contribution >= 0.6 is 24.0 Å². The van der Waals surface area contributed by atoms with Crippen LogP contribution in [-0.4, -0.2) is 35.7 Å². The van der Waals surface area contributed by atoms with Gasteiger partial charge >= 0.3 is 0 Å². The molecule has 3 N–H and O–H groups in total. The van der Waals surface area contributed by atoms with E-state index in [4.69, 9.17) is 4.42 Å². The molecule has 0 spiro atoms. The molecule has 0 saturated carbocycles.